The van der Waals surface area contributed by atoms with E-state index in [1.54, 1.807) is 6.26 Å². The fourth-order valence-electron chi connectivity index (χ4n) is 2.07. The standard InChI is InChI=1S/C15H18BrNO/c1-3-14(12-6-8-13(16)9-7-12)17-11(2)15-5-4-10-18-15/h4-11,14,17H,3H2,1-2H3/t11-,14?/m1/s1. The van der Waals surface area contributed by atoms with Crippen molar-refractivity contribution in [1.82, 2.24) is 5.32 Å². The molecule has 96 valence electrons. The number of rotatable bonds is 5. The number of nitrogens with one attached hydrogen (secondary N) is 1. The van der Waals surface area contributed by atoms with Gasteiger partial charge in [-0.2, -0.15) is 0 Å². The van der Waals surface area contributed by atoms with E-state index in [0.29, 0.717) is 6.04 Å². The Bertz CT molecular complexity index is 464. The van der Waals surface area contributed by atoms with Crippen molar-refractivity contribution in [3.8, 4) is 0 Å². The van der Waals surface area contributed by atoms with Gasteiger partial charge in [0.15, 0.2) is 0 Å². The summed E-state index contributed by atoms with van der Waals surface area (Å²) in [5, 5.41) is 3.60. The van der Waals surface area contributed by atoms with Crippen LogP contribution >= 0.6 is 15.9 Å². The zero-order valence-electron chi connectivity index (χ0n) is 10.7. The Kier molecular flexibility index (Phi) is 4.61. The van der Waals surface area contributed by atoms with Gasteiger partial charge in [-0.1, -0.05) is 35.0 Å². The summed E-state index contributed by atoms with van der Waals surface area (Å²) in [4.78, 5) is 0. The van der Waals surface area contributed by atoms with Crippen LogP contribution in [0.2, 0.25) is 0 Å². The summed E-state index contributed by atoms with van der Waals surface area (Å²) >= 11 is 3.46. The van der Waals surface area contributed by atoms with Crippen LogP contribution in [0.5, 0.6) is 0 Å². The molecule has 2 rings (SSSR count). The Morgan fingerprint density at radius 1 is 1.22 bits per heavy atom. The van der Waals surface area contributed by atoms with E-state index in [1.807, 2.05) is 12.1 Å². The maximum absolute atomic E-state index is 5.43. The quantitative estimate of drug-likeness (QED) is 0.854. The first-order chi connectivity index (χ1) is 8.70. The normalized spacial score (nSPS) is 14.4. The lowest BCUT2D eigenvalue weighted by atomic mass is 10.0. The molecule has 2 atom stereocenters. The number of hydrogen-bond acceptors (Lipinski definition) is 2. The summed E-state index contributed by atoms with van der Waals surface area (Å²) in [6.45, 7) is 4.31. The molecule has 2 nitrogen and oxygen atoms in total. The highest BCUT2D eigenvalue weighted by Crippen LogP contribution is 2.23. The number of furan rings is 1. The molecule has 1 heterocycles. The Morgan fingerprint density at radius 2 is 1.94 bits per heavy atom. The second kappa shape index (κ2) is 6.21. The largest absolute Gasteiger partial charge is 0.468 e. The minimum atomic E-state index is 0.216. The molecule has 0 saturated carbocycles. The number of hydrogen-bond donors (Lipinski definition) is 1. The predicted molar refractivity (Wildman–Crippen MR) is 77.4 cm³/mol. The summed E-state index contributed by atoms with van der Waals surface area (Å²) in [6, 6.07) is 13.0. The molecule has 0 saturated heterocycles. The molecule has 2 aromatic rings. The molecule has 0 amide bonds. The SMILES string of the molecule is CCC(N[C@H](C)c1ccco1)c1ccc(Br)cc1. The average molecular weight is 308 g/mol. The smallest absolute Gasteiger partial charge is 0.120 e. The van der Waals surface area contributed by atoms with Crippen molar-refractivity contribution in [1.29, 1.82) is 0 Å². The molecule has 1 aromatic carbocycles. The van der Waals surface area contributed by atoms with Crippen molar-refractivity contribution in [2.45, 2.75) is 32.4 Å². The Morgan fingerprint density at radius 3 is 2.50 bits per heavy atom. The molecular weight excluding hydrogens is 290 g/mol. The molecular formula is C15H18BrNO. The van der Waals surface area contributed by atoms with Crippen molar-refractivity contribution in [3.05, 3.63) is 58.5 Å². The van der Waals surface area contributed by atoms with E-state index in [9.17, 15) is 0 Å². The van der Waals surface area contributed by atoms with Gasteiger partial charge in [0.25, 0.3) is 0 Å². The zero-order chi connectivity index (χ0) is 13.0. The topological polar surface area (TPSA) is 25.2 Å². The molecule has 0 aliphatic heterocycles. The first-order valence-corrected chi connectivity index (χ1v) is 7.05. The summed E-state index contributed by atoms with van der Waals surface area (Å²) in [5.74, 6) is 0.977. The highest BCUT2D eigenvalue weighted by atomic mass is 79.9. The molecule has 0 bridgehead atoms. The van der Waals surface area contributed by atoms with Crippen molar-refractivity contribution >= 4 is 15.9 Å². The lowest BCUT2D eigenvalue weighted by Gasteiger charge is -2.21. The molecule has 1 unspecified atom stereocenters. The third kappa shape index (κ3) is 3.24. The summed E-state index contributed by atoms with van der Waals surface area (Å²) in [6.07, 6.45) is 2.76. The van der Waals surface area contributed by atoms with E-state index in [1.165, 1.54) is 5.56 Å². The van der Waals surface area contributed by atoms with Gasteiger partial charge < -0.3 is 9.73 Å². The lowest BCUT2D eigenvalue weighted by Crippen LogP contribution is -2.23. The molecule has 1 N–H and O–H groups in total. The zero-order valence-corrected chi connectivity index (χ0v) is 12.3. The van der Waals surface area contributed by atoms with Gasteiger partial charge in [0.05, 0.1) is 12.3 Å². The van der Waals surface area contributed by atoms with E-state index in [0.717, 1.165) is 16.7 Å². The third-order valence-corrected chi connectivity index (χ3v) is 3.63. The van der Waals surface area contributed by atoms with Crippen LogP contribution in [0.3, 0.4) is 0 Å². The average Bonchev–Trinajstić information content (AvgIpc) is 2.91. The van der Waals surface area contributed by atoms with Crippen LogP contribution in [0, 0.1) is 0 Å². The van der Waals surface area contributed by atoms with E-state index < -0.39 is 0 Å². The monoisotopic (exact) mass is 307 g/mol. The van der Waals surface area contributed by atoms with E-state index in [4.69, 9.17) is 4.42 Å². The van der Waals surface area contributed by atoms with Gasteiger partial charge >= 0.3 is 0 Å². The van der Waals surface area contributed by atoms with Gasteiger partial charge in [0.1, 0.15) is 5.76 Å². The Balaban J connectivity index is 2.07. The summed E-state index contributed by atoms with van der Waals surface area (Å²) < 4.78 is 6.54. The predicted octanol–water partition coefficient (Wildman–Crippen LogP) is 4.84. The highest BCUT2D eigenvalue weighted by molar-refractivity contribution is 9.10. The molecule has 0 radical (unpaired) electrons. The van der Waals surface area contributed by atoms with Gasteiger partial charge in [0, 0.05) is 10.5 Å². The molecule has 0 fully saturated rings. The van der Waals surface area contributed by atoms with E-state index in [-0.39, 0.29) is 6.04 Å². The van der Waals surface area contributed by atoms with Gasteiger partial charge in [0.2, 0.25) is 0 Å². The van der Waals surface area contributed by atoms with Crippen LogP contribution in [0.25, 0.3) is 0 Å². The van der Waals surface area contributed by atoms with Crippen LogP contribution in [-0.2, 0) is 0 Å². The maximum atomic E-state index is 5.43. The van der Waals surface area contributed by atoms with Gasteiger partial charge in [-0.05, 0) is 43.2 Å². The van der Waals surface area contributed by atoms with E-state index >= 15 is 0 Å². The summed E-state index contributed by atoms with van der Waals surface area (Å²) in [7, 11) is 0. The first kappa shape index (κ1) is 13.4. The van der Waals surface area contributed by atoms with Crippen LogP contribution in [0.4, 0.5) is 0 Å². The summed E-state index contributed by atoms with van der Waals surface area (Å²) in [5.41, 5.74) is 1.30. The van der Waals surface area contributed by atoms with Gasteiger partial charge in [-0.25, -0.2) is 0 Å². The van der Waals surface area contributed by atoms with Crippen LogP contribution < -0.4 is 5.32 Å². The molecule has 18 heavy (non-hydrogen) atoms. The van der Waals surface area contributed by atoms with Crippen molar-refractivity contribution < 1.29 is 4.42 Å². The maximum Gasteiger partial charge on any atom is 0.120 e. The highest BCUT2D eigenvalue weighted by Gasteiger charge is 2.15. The Labute approximate surface area is 117 Å². The van der Waals surface area contributed by atoms with Crippen LogP contribution in [0.1, 0.15) is 43.7 Å². The van der Waals surface area contributed by atoms with Crippen LogP contribution in [-0.4, -0.2) is 0 Å². The van der Waals surface area contributed by atoms with Gasteiger partial charge in [-0.15, -0.1) is 0 Å². The molecule has 0 spiro atoms. The van der Waals surface area contributed by atoms with Crippen molar-refractivity contribution in [3.63, 3.8) is 0 Å². The van der Waals surface area contributed by atoms with Gasteiger partial charge in [-0.3, -0.25) is 0 Å². The van der Waals surface area contributed by atoms with E-state index in [2.05, 4.69) is 59.4 Å². The molecule has 0 aliphatic rings. The molecule has 3 heteroatoms. The fourth-order valence-corrected chi connectivity index (χ4v) is 2.33. The first-order valence-electron chi connectivity index (χ1n) is 6.25. The minimum absolute atomic E-state index is 0.216. The molecule has 0 aliphatic carbocycles. The minimum Gasteiger partial charge on any atom is -0.468 e. The third-order valence-electron chi connectivity index (χ3n) is 3.10. The second-order valence-corrected chi connectivity index (χ2v) is 5.33. The van der Waals surface area contributed by atoms with Crippen LogP contribution in [0.15, 0.2) is 51.6 Å². The number of halogens is 1. The Hall–Kier alpha value is -1.06. The fraction of sp³-hybridized carbons (Fsp3) is 0.333. The van der Waals surface area contributed by atoms with Crippen molar-refractivity contribution in [2.75, 3.05) is 0 Å². The number of benzene rings is 1. The second-order valence-electron chi connectivity index (χ2n) is 4.42. The molecule has 1 aromatic heterocycles. The lowest BCUT2D eigenvalue weighted by molar-refractivity contribution is 0.387. The van der Waals surface area contributed by atoms with Crippen molar-refractivity contribution in [2.24, 2.45) is 0 Å².